The molecule has 10 heteroatoms. The molecule has 1 atom stereocenters. The van der Waals surface area contributed by atoms with Crippen LogP contribution in [0.1, 0.15) is 83.0 Å². The number of carbonyl (C=O) groups excluding carboxylic acids is 1. The van der Waals surface area contributed by atoms with Crippen molar-refractivity contribution in [3.8, 4) is 11.8 Å². The third-order valence-corrected chi connectivity index (χ3v) is 7.76. The SMILES string of the molecule is CCCC(NC(CC)CC)c1cccc(OCCN2C(=S)N(c3ccc(C#N)c(C(F)(F)F)c3)C(=O)C2(C)C)c1. The smallest absolute Gasteiger partial charge is 0.417 e. The van der Waals surface area contributed by atoms with Gasteiger partial charge in [-0.2, -0.15) is 18.4 Å². The normalized spacial score (nSPS) is 16.0. The van der Waals surface area contributed by atoms with Gasteiger partial charge in [-0.05, 0) is 81.2 Å². The fourth-order valence-electron chi connectivity index (χ4n) is 4.96. The lowest BCUT2D eigenvalue weighted by Crippen LogP contribution is -2.45. The van der Waals surface area contributed by atoms with Gasteiger partial charge in [-0.25, -0.2) is 0 Å². The van der Waals surface area contributed by atoms with Gasteiger partial charge in [-0.3, -0.25) is 9.69 Å². The Labute approximate surface area is 240 Å². The highest BCUT2D eigenvalue weighted by atomic mass is 32.1. The van der Waals surface area contributed by atoms with E-state index >= 15 is 0 Å². The van der Waals surface area contributed by atoms with Crippen LogP contribution >= 0.6 is 12.2 Å². The molecule has 0 spiro atoms. The fourth-order valence-corrected chi connectivity index (χ4v) is 5.47. The van der Waals surface area contributed by atoms with E-state index in [1.165, 1.54) is 6.07 Å². The molecule has 0 bridgehead atoms. The summed E-state index contributed by atoms with van der Waals surface area (Å²) in [6.07, 6.45) is -0.608. The monoisotopic (exact) mass is 574 g/mol. The highest BCUT2D eigenvalue weighted by molar-refractivity contribution is 7.80. The maximum absolute atomic E-state index is 13.6. The number of benzene rings is 2. The summed E-state index contributed by atoms with van der Waals surface area (Å²) in [5, 5.41) is 12.9. The quantitative estimate of drug-likeness (QED) is 0.276. The minimum Gasteiger partial charge on any atom is -0.492 e. The van der Waals surface area contributed by atoms with Gasteiger partial charge in [0.1, 0.15) is 17.9 Å². The molecule has 1 unspecified atom stereocenters. The minimum atomic E-state index is -4.75. The summed E-state index contributed by atoms with van der Waals surface area (Å²) < 4.78 is 46.7. The summed E-state index contributed by atoms with van der Waals surface area (Å²) in [5.74, 6) is 0.241. The lowest BCUT2D eigenvalue weighted by atomic mass is 10.00. The largest absolute Gasteiger partial charge is 0.492 e. The summed E-state index contributed by atoms with van der Waals surface area (Å²) in [6, 6.07) is 13.3. The summed E-state index contributed by atoms with van der Waals surface area (Å²) in [7, 11) is 0. The van der Waals surface area contributed by atoms with E-state index in [2.05, 4.69) is 32.2 Å². The first kappa shape index (κ1) is 31.4. The highest BCUT2D eigenvalue weighted by Crippen LogP contribution is 2.38. The van der Waals surface area contributed by atoms with E-state index in [4.69, 9.17) is 22.2 Å². The molecule has 0 aliphatic carbocycles. The van der Waals surface area contributed by atoms with Gasteiger partial charge in [-0.15, -0.1) is 0 Å². The van der Waals surface area contributed by atoms with Gasteiger partial charge < -0.3 is 15.0 Å². The summed E-state index contributed by atoms with van der Waals surface area (Å²) >= 11 is 5.57. The van der Waals surface area contributed by atoms with Gasteiger partial charge >= 0.3 is 6.18 Å². The molecule has 1 fully saturated rings. The molecule has 0 aromatic heterocycles. The number of alkyl halides is 3. The zero-order valence-corrected chi connectivity index (χ0v) is 24.5. The van der Waals surface area contributed by atoms with Gasteiger partial charge in [0.05, 0.1) is 29.4 Å². The van der Waals surface area contributed by atoms with Gasteiger partial charge in [-0.1, -0.05) is 39.3 Å². The molecule has 40 heavy (non-hydrogen) atoms. The Bertz CT molecular complexity index is 1250. The third kappa shape index (κ3) is 6.76. The van der Waals surface area contributed by atoms with Crippen LogP contribution in [0.25, 0.3) is 0 Å². The van der Waals surface area contributed by atoms with Crippen LogP contribution in [0, 0.1) is 11.3 Å². The van der Waals surface area contributed by atoms with E-state index in [1.54, 1.807) is 24.8 Å². The number of nitriles is 1. The number of nitrogens with zero attached hydrogens (tertiary/aromatic N) is 3. The Balaban J connectivity index is 1.75. The topological polar surface area (TPSA) is 68.6 Å². The molecule has 1 heterocycles. The van der Waals surface area contributed by atoms with Crippen LogP contribution in [-0.4, -0.2) is 40.7 Å². The second-order valence-corrected chi connectivity index (χ2v) is 10.8. The van der Waals surface area contributed by atoms with Crippen molar-refractivity contribution in [2.75, 3.05) is 18.1 Å². The number of ether oxygens (including phenoxy) is 1. The lowest BCUT2D eigenvalue weighted by Gasteiger charge is -2.29. The average molecular weight is 575 g/mol. The van der Waals surface area contributed by atoms with Crippen molar-refractivity contribution in [2.24, 2.45) is 0 Å². The first-order chi connectivity index (χ1) is 18.9. The first-order valence-electron chi connectivity index (χ1n) is 13.6. The van der Waals surface area contributed by atoms with Crippen LogP contribution in [0.5, 0.6) is 5.75 Å². The van der Waals surface area contributed by atoms with Gasteiger partial charge in [0, 0.05) is 12.1 Å². The molecular weight excluding hydrogens is 537 g/mol. The number of amides is 1. The number of hydrogen-bond donors (Lipinski definition) is 1. The second kappa shape index (κ2) is 13.0. The molecule has 1 aliphatic heterocycles. The van der Waals surface area contributed by atoms with Crippen molar-refractivity contribution < 1.29 is 22.7 Å². The van der Waals surface area contributed by atoms with Crippen molar-refractivity contribution in [2.45, 2.75) is 84.1 Å². The predicted molar refractivity (Wildman–Crippen MR) is 154 cm³/mol. The van der Waals surface area contributed by atoms with Crippen LogP contribution < -0.4 is 15.0 Å². The van der Waals surface area contributed by atoms with E-state index in [-0.39, 0.29) is 30.0 Å². The van der Waals surface area contributed by atoms with Crippen LogP contribution in [0.2, 0.25) is 0 Å². The van der Waals surface area contributed by atoms with E-state index in [1.807, 2.05) is 18.2 Å². The van der Waals surface area contributed by atoms with E-state index in [0.29, 0.717) is 11.8 Å². The molecular formula is C30H37F3N4O2S. The van der Waals surface area contributed by atoms with Crippen LogP contribution in [0.4, 0.5) is 18.9 Å². The van der Waals surface area contributed by atoms with Crippen LogP contribution in [0.15, 0.2) is 42.5 Å². The molecule has 1 amide bonds. The number of hydrogen-bond acceptors (Lipinski definition) is 5. The molecule has 2 aromatic carbocycles. The highest BCUT2D eigenvalue weighted by Gasteiger charge is 2.49. The molecule has 1 N–H and O–H groups in total. The Morgan fingerprint density at radius 3 is 2.42 bits per heavy atom. The van der Waals surface area contributed by atoms with Crippen molar-refractivity contribution in [1.82, 2.24) is 10.2 Å². The Hall–Kier alpha value is -3.16. The fraction of sp³-hybridized carbons (Fsp3) is 0.500. The standard InChI is InChI=1S/C30H37F3N4O2S/c1-6-10-26(35-22(7-2)8-3)20-11-9-12-24(17-20)39-16-15-36-28(40)37(27(38)29(36,4)5)23-14-13-21(19-34)25(18-23)30(31,32)33/h9,11-14,17-18,22,26,35H,6-8,10,15-16H2,1-5H3. The Morgan fingerprint density at radius 2 is 1.82 bits per heavy atom. The van der Waals surface area contributed by atoms with E-state index in [0.717, 1.165) is 48.3 Å². The van der Waals surface area contributed by atoms with Crippen LogP contribution in [0.3, 0.4) is 0 Å². The molecule has 0 saturated carbocycles. The molecule has 0 radical (unpaired) electrons. The molecule has 3 rings (SSSR count). The molecule has 1 saturated heterocycles. The Morgan fingerprint density at radius 1 is 1.12 bits per heavy atom. The third-order valence-electron chi connectivity index (χ3n) is 7.35. The Kier molecular flexibility index (Phi) is 10.2. The lowest BCUT2D eigenvalue weighted by molar-refractivity contribution is -0.137. The zero-order valence-electron chi connectivity index (χ0n) is 23.6. The first-order valence-corrected chi connectivity index (χ1v) is 14.1. The zero-order chi connectivity index (χ0) is 29.7. The molecule has 2 aromatic rings. The second-order valence-electron chi connectivity index (χ2n) is 10.4. The molecule has 6 nitrogen and oxygen atoms in total. The maximum atomic E-state index is 13.6. The maximum Gasteiger partial charge on any atom is 0.417 e. The number of halogens is 3. The molecule has 1 aliphatic rings. The number of thiocarbonyl (C=S) groups is 1. The van der Waals surface area contributed by atoms with E-state index in [9.17, 15) is 18.0 Å². The summed E-state index contributed by atoms with van der Waals surface area (Å²) in [6.45, 7) is 10.3. The van der Waals surface area contributed by atoms with Gasteiger partial charge in [0.2, 0.25) is 0 Å². The van der Waals surface area contributed by atoms with Crippen molar-refractivity contribution in [3.63, 3.8) is 0 Å². The van der Waals surface area contributed by atoms with Crippen LogP contribution in [-0.2, 0) is 11.0 Å². The van der Waals surface area contributed by atoms with Gasteiger partial charge in [0.25, 0.3) is 5.91 Å². The average Bonchev–Trinajstić information content (AvgIpc) is 3.09. The van der Waals surface area contributed by atoms with Crippen molar-refractivity contribution >= 4 is 28.9 Å². The minimum absolute atomic E-state index is 0.0301. The number of nitrogens with one attached hydrogen (secondary N) is 1. The number of carbonyl (C=O) groups is 1. The van der Waals surface area contributed by atoms with Crippen molar-refractivity contribution in [3.05, 3.63) is 59.2 Å². The number of anilines is 1. The van der Waals surface area contributed by atoms with Crippen molar-refractivity contribution in [1.29, 1.82) is 5.26 Å². The number of rotatable bonds is 12. The summed E-state index contributed by atoms with van der Waals surface area (Å²) in [5.41, 5.74) is -1.61. The summed E-state index contributed by atoms with van der Waals surface area (Å²) in [4.78, 5) is 16.1. The predicted octanol–water partition coefficient (Wildman–Crippen LogP) is 6.99. The van der Waals surface area contributed by atoms with E-state index < -0.39 is 28.7 Å². The van der Waals surface area contributed by atoms with Gasteiger partial charge in [0.15, 0.2) is 5.11 Å². The molecule has 216 valence electrons.